The first-order valence-electron chi connectivity index (χ1n) is 6.30. The Bertz CT molecular complexity index is 625. The van der Waals surface area contributed by atoms with Crippen LogP contribution in [0.25, 0.3) is 0 Å². The molecule has 1 atom stereocenters. The number of amides is 1. The third kappa shape index (κ3) is 3.36. The summed E-state index contributed by atoms with van der Waals surface area (Å²) in [7, 11) is 0. The molecule has 0 fully saturated rings. The molecule has 0 aliphatic carbocycles. The highest BCUT2D eigenvalue weighted by molar-refractivity contribution is 6.31. The maximum atomic E-state index is 13.0. The largest absolute Gasteiger partial charge is 0.345 e. The van der Waals surface area contributed by atoms with Gasteiger partial charge in [-0.05, 0) is 43.7 Å². The molecule has 0 aromatic heterocycles. The first kappa shape index (κ1) is 14.5. The van der Waals surface area contributed by atoms with Crippen LogP contribution in [-0.2, 0) is 0 Å². The summed E-state index contributed by atoms with van der Waals surface area (Å²) in [6.45, 7) is 3.77. The van der Waals surface area contributed by atoms with Gasteiger partial charge in [-0.2, -0.15) is 0 Å². The van der Waals surface area contributed by atoms with Gasteiger partial charge in [-0.15, -0.1) is 0 Å². The van der Waals surface area contributed by atoms with Gasteiger partial charge in [0.05, 0.1) is 6.04 Å². The van der Waals surface area contributed by atoms with Crippen molar-refractivity contribution in [3.63, 3.8) is 0 Å². The fourth-order valence-corrected chi connectivity index (χ4v) is 2.25. The molecule has 0 radical (unpaired) electrons. The van der Waals surface area contributed by atoms with Gasteiger partial charge in [0.1, 0.15) is 5.82 Å². The molecule has 0 aliphatic rings. The molecule has 1 amide bonds. The number of benzene rings is 2. The van der Waals surface area contributed by atoms with Gasteiger partial charge in [0.2, 0.25) is 0 Å². The summed E-state index contributed by atoms with van der Waals surface area (Å²) in [4.78, 5) is 12.1. The topological polar surface area (TPSA) is 29.1 Å². The van der Waals surface area contributed by atoms with E-state index < -0.39 is 5.82 Å². The lowest BCUT2D eigenvalue weighted by Crippen LogP contribution is -2.26. The van der Waals surface area contributed by atoms with E-state index in [9.17, 15) is 9.18 Å². The Kier molecular flexibility index (Phi) is 4.40. The first-order chi connectivity index (χ1) is 9.47. The Balaban J connectivity index is 2.12. The maximum absolute atomic E-state index is 13.0. The summed E-state index contributed by atoms with van der Waals surface area (Å²) in [6, 6.07) is 11.2. The van der Waals surface area contributed by atoms with Crippen molar-refractivity contribution >= 4 is 17.5 Å². The zero-order chi connectivity index (χ0) is 14.7. The van der Waals surface area contributed by atoms with Crippen LogP contribution in [-0.4, -0.2) is 5.91 Å². The third-order valence-corrected chi connectivity index (χ3v) is 3.42. The van der Waals surface area contributed by atoms with E-state index in [1.54, 1.807) is 18.2 Å². The highest BCUT2D eigenvalue weighted by Crippen LogP contribution is 2.23. The number of rotatable bonds is 3. The van der Waals surface area contributed by atoms with Crippen LogP contribution < -0.4 is 5.32 Å². The Hall–Kier alpha value is -1.87. The predicted molar refractivity (Wildman–Crippen MR) is 78.5 cm³/mol. The van der Waals surface area contributed by atoms with E-state index in [0.29, 0.717) is 16.1 Å². The van der Waals surface area contributed by atoms with E-state index in [2.05, 4.69) is 5.32 Å². The minimum atomic E-state index is -0.393. The zero-order valence-electron chi connectivity index (χ0n) is 11.3. The zero-order valence-corrected chi connectivity index (χ0v) is 12.0. The van der Waals surface area contributed by atoms with Gasteiger partial charge in [0, 0.05) is 10.6 Å². The van der Waals surface area contributed by atoms with Gasteiger partial charge in [0.15, 0.2) is 0 Å². The van der Waals surface area contributed by atoms with E-state index in [-0.39, 0.29) is 11.9 Å². The molecule has 1 unspecified atom stereocenters. The molecule has 0 aliphatic heterocycles. The molecule has 2 aromatic carbocycles. The second-order valence-corrected chi connectivity index (χ2v) is 5.13. The summed E-state index contributed by atoms with van der Waals surface area (Å²) in [5, 5.41) is 3.15. The molecule has 4 heteroatoms. The van der Waals surface area contributed by atoms with E-state index in [1.165, 1.54) is 12.1 Å². The minimum Gasteiger partial charge on any atom is -0.345 e. The highest BCUT2D eigenvalue weighted by Gasteiger charge is 2.14. The Morgan fingerprint density at radius 3 is 2.45 bits per heavy atom. The summed E-state index contributed by atoms with van der Waals surface area (Å²) in [6.07, 6.45) is 0. The molecule has 2 rings (SSSR count). The van der Waals surface area contributed by atoms with Crippen molar-refractivity contribution in [1.29, 1.82) is 0 Å². The molecular weight excluding hydrogens is 277 g/mol. The summed E-state index contributed by atoms with van der Waals surface area (Å²) in [5.74, 6) is -0.575. The minimum absolute atomic E-state index is 0.183. The van der Waals surface area contributed by atoms with E-state index in [4.69, 9.17) is 11.6 Å². The second-order valence-electron chi connectivity index (χ2n) is 4.73. The van der Waals surface area contributed by atoms with Gasteiger partial charge in [-0.25, -0.2) is 4.39 Å². The summed E-state index contributed by atoms with van der Waals surface area (Å²) in [5.41, 5.74) is 2.37. The van der Waals surface area contributed by atoms with Crippen molar-refractivity contribution in [2.45, 2.75) is 19.9 Å². The van der Waals surface area contributed by atoms with E-state index >= 15 is 0 Å². The van der Waals surface area contributed by atoms with Crippen molar-refractivity contribution in [1.82, 2.24) is 5.32 Å². The molecular formula is C16H15ClFNO. The highest BCUT2D eigenvalue weighted by atomic mass is 35.5. The summed E-state index contributed by atoms with van der Waals surface area (Å²) < 4.78 is 13.0. The SMILES string of the molecule is Cc1ccc(C(=O)NC(C)c2ccc(F)cc2Cl)cc1. The smallest absolute Gasteiger partial charge is 0.251 e. The molecule has 0 bridgehead atoms. The van der Waals surface area contributed by atoms with Crippen LogP contribution in [0.2, 0.25) is 5.02 Å². The van der Waals surface area contributed by atoms with Gasteiger partial charge in [-0.3, -0.25) is 4.79 Å². The normalized spacial score (nSPS) is 12.0. The van der Waals surface area contributed by atoms with Gasteiger partial charge < -0.3 is 5.32 Å². The molecule has 0 spiro atoms. The van der Waals surface area contributed by atoms with E-state index in [0.717, 1.165) is 5.56 Å². The molecule has 104 valence electrons. The molecule has 20 heavy (non-hydrogen) atoms. The van der Waals surface area contributed by atoms with Gasteiger partial charge in [0.25, 0.3) is 5.91 Å². The van der Waals surface area contributed by atoms with Gasteiger partial charge >= 0.3 is 0 Å². The van der Waals surface area contributed by atoms with Crippen molar-refractivity contribution < 1.29 is 9.18 Å². The number of carbonyl (C=O) groups excluding carboxylic acids is 1. The van der Waals surface area contributed by atoms with Crippen LogP contribution in [0.1, 0.15) is 34.5 Å². The van der Waals surface area contributed by atoms with Crippen LogP contribution in [0.3, 0.4) is 0 Å². The molecule has 0 saturated carbocycles. The Morgan fingerprint density at radius 1 is 1.20 bits per heavy atom. The van der Waals surface area contributed by atoms with Crippen molar-refractivity contribution in [2.75, 3.05) is 0 Å². The number of carbonyl (C=O) groups is 1. The lowest BCUT2D eigenvalue weighted by atomic mass is 10.1. The maximum Gasteiger partial charge on any atom is 0.251 e. The second kappa shape index (κ2) is 6.06. The van der Waals surface area contributed by atoms with Crippen LogP contribution in [0.4, 0.5) is 4.39 Å². The fourth-order valence-electron chi connectivity index (χ4n) is 1.92. The van der Waals surface area contributed by atoms with Gasteiger partial charge in [-0.1, -0.05) is 35.4 Å². The van der Waals surface area contributed by atoms with Crippen LogP contribution >= 0.6 is 11.6 Å². The predicted octanol–water partition coefficient (Wildman–Crippen LogP) is 4.28. The average molecular weight is 292 g/mol. The third-order valence-electron chi connectivity index (χ3n) is 3.09. The standard InChI is InChI=1S/C16H15ClFNO/c1-10-3-5-12(6-4-10)16(20)19-11(2)14-8-7-13(18)9-15(14)17/h3-9,11H,1-2H3,(H,19,20). The Labute approximate surface area is 122 Å². The lowest BCUT2D eigenvalue weighted by molar-refractivity contribution is 0.0940. The van der Waals surface area contributed by atoms with Crippen molar-refractivity contribution in [3.8, 4) is 0 Å². The lowest BCUT2D eigenvalue weighted by Gasteiger charge is -2.16. The van der Waals surface area contributed by atoms with Crippen LogP contribution in [0, 0.1) is 12.7 Å². The summed E-state index contributed by atoms with van der Waals surface area (Å²) >= 11 is 5.98. The molecule has 0 heterocycles. The number of halogens is 2. The number of hydrogen-bond acceptors (Lipinski definition) is 1. The van der Waals surface area contributed by atoms with Crippen molar-refractivity contribution in [2.24, 2.45) is 0 Å². The number of nitrogens with one attached hydrogen (secondary N) is 1. The van der Waals surface area contributed by atoms with Crippen molar-refractivity contribution in [3.05, 3.63) is 70.0 Å². The quantitative estimate of drug-likeness (QED) is 0.898. The fraction of sp³-hybridized carbons (Fsp3) is 0.188. The average Bonchev–Trinajstić information content (AvgIpc) is 2.39. The number of aryl methyl sites for hydroxylation is 1. The molecule has 0 saturated heterocycles. The van der Waals surface area contributed by atoms with Crippen LogP contribution in [0.5, 0.6) is 0 Å². The Morgan fingerprint density at radius 2 is 1.85 bits per heavy atom. The first-order valence-corrected chi connectivity index (χ1v) is 6.67. The molecule has 2 nitrogen and oxygen atoms in total. The number of hydrogen-bond donors (Lipinski definition) is 1. The van der Waals surface area contributed by atoms with E-state index in [1.807, 2.05) is 26.0 Å². The molecule has 1 N–H and O–H groups in total. The monoisotopic (exact) mass is 291 g/mol. The van der Waals surface area contributed by atoms with Crippen LogP contribution in [0.15, 0.2) is 42.5 Å². The molecule has 2 aromatic rings.